The molecule has 0 spiro atoms. The molecule has 8 nitrogen and oxygen atoms in total. The summed E-state index contributed by atoms with van der Waals surface area (Å²) in [5, 5.41) is 4.99. The van der Waals surface area contributed by atoms with Gasteiger partial charge < -0.3 is 24.1 Å². The molecular formula is C20H26N3O5+. The van der Waals surface area contributed by atoms with E-state index in [4.69, 9.17) is 13.9 Å². The summed E-state index contributed by atoms with van der Waals surface area (Å²) >= 11 is 0. The second-order valence-electron chi connectivity index (χ2n) is 6.70. The SMILES string of the molecule is COc1ccc(OC)c([C@H]2CCC[NH+]2CC(=O)NC(=O)NCc2ccco2)c1. The van der Waals surface area contributed by atoms with Crippen molar-refractivity contribution < 1.29 is 28.4 Å². The highest BCUT2D eigenvalue weighted by Crippen LogP contribution is 2.31. The van der Waals surface area contributed by atoms with Crippen molar-refractivity contribution in [1.29, 1.82) is 0 Å². The quantitative estimate of drug-likeness (QED) is 0.659. The molecule has 0 bridgehead atoms. The molecule has 0 aliphatic carbocycles. The van der Waals surface area contributed by atoms with Crippen molar-refractivity contribution >= 4 is 11.9 Å². The number of hydrogen-bond donors (Lipinski definition) is 3. The molecule has 2 aromatic rings. The first-order valence-electron chi connectivity index (χ1n) is 9.27. The number of amides is 3. The van der Waals surface area contributed by atoms with Gasteiger partial charge in [0.1, 0.15) is 23.3 Å². The number of imide groups is 1. The zero-order chi connectivity index (χ0) is 19.9. The van der Waals surface area contributed by atoms with Crippen LogP contribution in [0, 0.1) is 0 Å². The van der Waals surface area contributed by atoms with E-state index in [1.807, 2.05) is 18.2 Å². The molecule has 1 aromatic heterocycles. The number of methoxy groups -OCH3 is 2. The van der Waals surface area contributed by atoms with Gasteiger partial charge in [0.25, 0.3) is 5.91 Å². The van der Waals surface area contributed by atoms with Gasteiger partial charge in [-0.1, -0.05) is 0 Å². The lowest BCUT2D eigenvalue weighted by Gasteiger charge is -2.23. The number of quaternary nitrogens is 1. The van der Waals surface area contributed by atoms with E-state index in [-0.39, 0.29) is 25.0 Å². The maximum atomic E-state index is 12.4. The molecular weight excluding hydrogens is 362 g/mol. The van der Waals surface area contributed by atoms with E-state index < -0.39 is 6.03 Å². The standard InChI is InChI=1S/C20H25N3O5/c1-26-14-7-8-18(27-2)16(11-14)17-6-3-9-23(17)13-19(24)22-20(25)21-12-15-5-4-10-28-15/h4-5,7-8,10-11,17H,3,6,9,12-13H2,1-2H3,(H2,21,22,24,25)/p+1/t17-/m1/s1. The van der Waals surface area contributed by atoms with Crippen molar-refractivity contribution in [3.8, 4) is 11.5 Å². The van der Waals surface area contributed by atoms with Gasteiger partial charge in [-0.05, 0) is 30.3 Å². The van der Waals surface area contributed by atoms with Crippen molar-refractivity contribution in [1.82, 2.24) is 10.6 Å². The molecule has 28 heavy (non-hydrogen) atoms. The van der Waals surface area contributed by atoms with E-state index in [2.05, 4.69) is 10.6 Å². The van der Waals surface area contributed by atoms with E-state index in [1.54, 1.807) is 26.4 Å². The number of carbonyl (C=O) groups excluding carboxylic acids is 2. The van der Waals surface area contributed by atoms with Crippen molar-refractivity contribution in [2.45, 2.75) is 25.4 Å². The summed E-state index contributed by atoms with van der Waals surface area (Å²) in [6, 6.07) is 8.77. The monoisotopic (exact) mass is 388 g/mol. The smallest absolute Gasteiger partial charge is 0.321 e. The van der Waals surface area contributed by atoms with Gasteiger partial charge in [0.2, 0.25) is 0 Å². The fourth-order valence-electron chi connectivity index (χ4n) is 3.61. The fourth-order valence-corrected chi connectivity index (χ4v) is 3.61. The predicted molar refractivity (Wildman–Crippen MR) is 101 cm³/mol. The van der Waals surface area contributed by atoms with Gasteiger partial charge in [-0.2, -0.15) is 0 Å². The lowest BCUT2D eigenvalue weighted by molar-refractivity contribution is -0.910. The van der Waals surface area contributed by atoms with Gasteiger partial charge in [0.15, 0.2) is 6.54 Å². The van der Waals surface area contributed by atoms with Crippen LogP contribution in [0.3, 0.4) is 0 Å². The van der Waals surface area contributed by atoms with E-state index in [9.17, 15) is 9.59 Å². The lowest BCUT2D eigenvalue weighted by Crippen LogP contribution is -3.11. The molecule has 1 aliphatic heterocycles. The van der Waals surface area contributed by atoms with Crippen LogP contribution in [0.25, 0.3) is 0 Å². The number of hydrogen-bond acceptors (Lipinski definition) is 5. The Morgan fingerprint density at radius 2 is 2.11 bits per heavy atom. The third kappa shape index (κ3) is 4.83. The summed E-state index contributed by atoms with van der Waals surface area (Å²) in [6.07, 6.45) is 3.47. The first-order chi connectivity index (χ1) is 13.6. The second-order valence-corrected chi connectivity index (χ2v) is 6.70. The maximum Gasteiger partial charge on any atom is 0.321 e. The molecule has 1 aromatic carbocycles. The Morgan fingerprint density at radius 1 is 1.25 bits per heavy atom. The van der Waals surface area contributed by atoms with Crippen LogP contribution in [0.5, 0.6) is 11.5 Å². The first kappa shape index (κ1) is 19.8. The summed E-state index contributed by atoms with van der Waals surface area (Å²) in [4.78, 5) is 25.4. The van der Waals surface area contributed by atoms with Crippen LogP contribution in [-0.2, 0) is 11.3 Å². The van der Waals surface area contributed by atoms with Gasteiger partial charge in [-0.25, -0.2) is 4.79 Å². The van der Waals surface area contributed by atoms with Gasteiger partial charge in [-0.15, -0.1) is 0 Å². The number of ether oxygens (including phenoxy) is 2. The Morgan fingerprint density at radius 3 is 2.82 bits per heavy atom. The van der Waals surface area contributed by atoms with Crippen LogP contribution in [0.15, 0.2) is 41.0 Å². The Balaban J connectivity index is 1.58. The molecule has 0 saturated carbocycles. The highest BCUT2D eigenvalue weighted by Gasteiger charge is 2.34. The van der Waals surface area contributed by atoms with Crippen LogP contribution < -0.4 is 25.0 Å². The molecule has 1 unspecified atom stereocenters. The highest BCUT2D eigenvalue weighted by molar-refractivity contribution is 5.94. The summed E-state index contributed by atoms with van der Waals surface area (Å²) in [6.45, 7) is 1.29. The Labute approximate surface area is 163 Å². The van der Waals surface area contributed by atoms with Crippen molar-refractivity contribution in [2.24, 2.45) is 0 Å². The molecule has 0 radical (unpaired) electrons. The van der Waals surface area contributed by atoms with Crippen LogP contribution in [0.2, 0.25) is 0 Å². The lowest BCUT2D eigenvalue weighted by atomic mass is 10.0. The first-order valence-corrected chi connectivity index (χ1v) is 9.27. The van der Waals surface area contributed by atoms with Crippen molar-refractivity contribution in [2.75, 3.05) is 27.3 Å². The molecule has 150 valence electrons. The predicted octanol–water partition coefficient (Wildman–Crippen LogP) is 1.04. The Kier molecular flexibility index (Phi) is 6.54. The Bertz CT molecular complexity index is 806. The number of benzene rings is 1. The molecule has 1 saturated heterocycles. The van der Waals surface area contributed by atoms with Gasteiger partial charge in [-0.3, -0.25) is 10.1 Å². The minimum Gasteiger partial charge on any atom is -0.497 e. The van der Waals surface area contributed by atoms with Gasteiger partial charge in [0.05, 0.1) is 39.1 Å². The topological polar surface area (TPSA) is 94.2 Å². The number of nitrogens with one attached hydrogen (secondary N) is 3. The van der Waals surface area contributed by atoms with Gasteiger partial charge >= 0.3 is 6.03 Å². The van der Waals surface area contributed by atoms with E-state index in [0.717, 1.165) is 41.3 Å². The largest absolute Gasteiger partial charge is 0.497 e. The molecule has 2 heterocycles. The van der Waals surface area contributed by atoms with Crippen molar-refractivity contribution in [3.05, 3.63) is 47.9 Å². The number of urea groups is 1. The molecule has 3 N–H and O–H groups in total. The highest BCUT2D eigenvalue weighted by atomic mass is 16.5. The average molecular weight is 388 g/mol. The molecule has 2 atom stereocenters. The van der Waals surface area contributed by atoms with Crippen molar-refractivity contribution in [3.63, 3.8) is 0 Å². The van der Waals surface area contributed by atoms with E-state index in [1.165, 1.54) is 6.26 Å². The fraction of sp³-hybridized carbons (Fsp3) is 0.400. The van der Waals surface area contributed by atoms with Crippen LogP contribution in [0.1, 0.15) is 30.2 Å². The molecule has 3 rings (SSSR count). The number of likely N-dealkylation sites (tertiary alicyclic amines) is 1. The molecule has 8 heteroatoms. The molecule has 1 aliphatic rings. The van der Waals surface area contributed by atoms with Gasteiger partial charge in [0, 0.05) is 12.8 Å². The third-order valence-corrected chi connectivity index (χ3v) is 4.94. The maximum absolute atomic E-state index is 12.4. The summed E-state index contributed by atoms with van der Waals surface area (Å²) in [7, 11) is 3.26. The van der Waals surface area contributed by atoms with Crippen LogP contribution in [0.4, 0.5) is 4.79 Å². The second kappa shape index (κ2) is 9.27. The average Bonchev–Trinajstić information content (AvgIpc) is 3.37. The minimum atomic E-state index is -0.532. The Hall–Kier alpha value is -3.00. The summed E-state index contributed by atoms with van der Waals surface area (Å²) in [5.74, 6) is 1.84. The number of rotatable bonds is 7. The summed E-state index contributed by atoms with van der Waals surface area (Å²) < 4.78 is 16.0. The molecule has 3 amide bonds. The zero-order valence-corrected chi connectivity index (χ0v) is 16.1. The van der Waals surface area contributed by atoms with Crippen LogP contribution in [-0.4, -0.2) is 39.2 Å². The zero-order valence-electron chi connectivity index (χ0n) is 16.1. The van der Waals surface area contributed by atoms with E-state index in [0.29, 0.717) is 5.76 Å². The normalized spacial score (nSPS) is 18.5. The van der Waals surface area contributed by atoms with E-state index >= 15 is 0 Å². The number of furan rings is 1. The molecule has 1 fully saturated rings. The van der Waals surface area contributed by atoms with Crippen LogP contribution >= 0.6 is 0 Å². The third-order valence-electron chi connectivity index (χ3n) is 4.94. The summed E-state index contributed by atoms with van der Waals surface area (Å²) in [5.41, 5.74) is 1.02. The number of carbonyl (C=O) groups is 2. The minimum absolute atomic E-state index is 0.113.